The average molecular weight is 359 g/mol. The van der Waals surface area contributed by atoms with Crippen molar-refractivity contribution in [2.24, 2.45) is 0 Å². The molecule has 136 valence electrons. The first-order valence-corrected chi connectivity index (χ1v) is 7.57. The molecular formula is C17H17N3O6. The smallest absolute Gasteiger partial charge is 0.305 e. The van der Waals surface area contributed by atoms with Crippen molar-refractivity contribution in [3.05, 3.63) is 58.6 Å². The maximum Gasteiger partial charge on any atom is 0.305 e. The van der Waals surface area contributed by atoms with Gasteiger partial charge in [-0.3, -0.25) is 19.7 Å². The molecule has 0 radical (unpaired) electrons. The van der Waals surface area contributed by atoms with E-state index >= 15 is 0 Å². The Balaban J connectivity index is 2.19. The summed E-state index contributed by atoms with van der Waals surface area (Å²) in [6.45, 7) is 0. The minimum atomic E-state index is -1.22. The van der Waals surface area contributed by atoms with Gasteiger partial charge in [0.1, 0.15) is 17.5 Å². The number of hydrogen-bond acceptors (Lipinski definition) is 6. The fourth-order valence-corrected chi connectivity index (χ4v) is 2.23. The van der Waals surface area contributed by atoms with Crippen LogP contribution in [0, 0.1) is 10.1 Å². The van der Waals surface area contributed by atoms with E-state index in [1.165, 1.54) is 25.3 Å². The van der Waals surface area contributed by atoms with Gasteiger partial charge in [0.05, 0.1) is 18.5 Å². The van der Waals surface area contributed by atoms with Crippen molar-refractivity contribution in [2.45, 2.75) is 12.5 Å². The minimum absolute atomic E-state index is 0.0635. The Bertz CT molecular complexity index is 806. The Morgan fingerprint density at radius 2 is 1.85 bits per heavy atom. The third-order valence-electron chi connectivity index (χ3n) is 3.48. The zero-order valence-electron chi connectivity index (χ0n) is 13.8. The lowest BCUT2D eigenvalue weighted by Crippen LogP contribution is -2.36. The maximum absolute atomic E-state index is 12.5. The standard InChI is InChI=1S/C17H17N3O6/c1-26-12-8-6-11(7-9-12)18-17(23)14(10-16(21)22)19-13-4-2-3-5-15(13)20(24)25/h2-9,14,19H,10H2,1H3,(H,18,23)(H,21,22)/t14-/m0/s1. The van der Waals surface area contributed by atoms with Gasteiger partial charge < -0.3 is 20.5 Å². The van der Waals surface area contributed by atoms with Gasteiger partial charge in [-0.05, 0) is 30.3 Å². The number of ether oxygens (including phenoxy) is 1. The van der Waals surface area contributed by atoms with Crippen LogP contribution in [-0.4, -0.2) is 35.1 Å². The van der Waals surface area contributed by atoms with Crippen molar-refractivity contribution >= 4 is 28.9 Å². The Labute approximate surface area is 148 Å². The highest BCUT2D eigenvalue weighted by Gasteiger charge is 2.24. The van der Waals surface area contributed by atoms with Crippen LogP contribution >= 0.6 is 0 Å². The molecule has 0 aromatic heterocycles. The summed E-state index contributed by atoms with van der Waals surface area (Å²) in [5.41, 5.74) is 0.254. The van der Waals surface area contributed by atoms with E-state index < -0.39 is 29.3 Å². The molecule has 2 aromatic carbocycles. The number of carbonyl (C=O) groups is 2. The molecule has 2 aromatic rings. The number of nitro groups is 1. The second-order valence-electron chi connectivity index (χ2n) is 5.29. The van der Waals surface area contributed by atoms with Gasteiger partial charge in [-0.2, -0.15) is 0 Å². The topological polar surface area (TPSA) is 131 Å². The van der Waals surface area contributed by atoms with Crippen molar-refractivity contribution in [3.8, 4) is 5.75 Å². The molecule has 0 aliphatic rings. The largest absolute Gasteiger partial charge is 0.497 e. The second-order valence-corrected chi connectivity index (χ2v) is 5.29. The number of benzene rings is 2. The van der Waals surface area contributed by atoms with Crippen LogP contribution in [0.15, 0.2) is 48.5 Å². The first-order chi connectivity index (χ1) is 12.4. The van der Waals surface area contributed by atoms with Crippen molar-refractivity contribution < 1.29 is 24.4 Å². The molecule has 0 saturated carbocycles. The molecular weight excluding hydrogens is 342 g/mol. The molecule has 9 heteroatoms. The number of methoxy groups -OCH3 is 1. The predicted molar refractivity (Wildman–Crippen MR) is 94.4 cm³/mol. The summed E-state index contributed by atoms with van der Waals surface area (Å²) >= 11 is 0. The molecule has 1 atom stereocenters. The van der Waals surface area contributed by atoms with Gasteiger partial charge in [-0.25, -0.2) is 0 Å². The number of amides is 1. The molecule has 26 heavy (non-hydrogen) atoms. The van der Waals surface area contributed by atoms with E-state index in [0.29, 0.717) is 11.4 Å². The lowest BCUT2D eigenvalue weighted by atomic mass is 10.1. The number of nitrogens with zero attached hydrogens (tertiary/aromatic N) is 1. The van der Waals surface area contributed by atoms with Crippen molar-refractivity contribution in [2.75, 3.05) is 17.7 Å². The van der Waals surface area contributed by atoms with E-state index in [1.54, 1.807) is 30.3 Å². The first kappa shape index (κ1) is 18.7. The van der Waals surface area contributed by atoms with Crippen LogP contribution in [0.25, 0.3) is 0 Å². The summed E-state index contributed by atoms with van der Waals surface area (Å²) in [5.74, 6) is -1.25. The molecule has 0 spiro atoms. The molecule has 0 unspecified atom stereocenters. The van der Waals surface area contributed by atoms with Gasteiger partial charge in [0, 0.05) is 11.8 Å². The molecule has 0 saturated heterocycles. The van der Waals surface area contributed by atoms with Crippen LogP contribution in [0.2, 0.25) is 0 Å². The molecule has 9 nitrogen and oxygen atoms in total. The van der Waals surface area contributed by atoms with Gasteiger partial charge in [-0.1, -0.05) is 12.1 Å². The van der Waals surface area contributed by atoms with E-state index in [9.17, 15) is 19.7 Å². The minimum Gasteiger partial charge on any atom is -0.497 e. The van der Waals surface area contributed by atoms with Gasteiger partial charge in [0.2, 0.25) is 5.91 Å². The summed E-state index contributed by atoms with van der Waals surface area (Å²) < 4.78 is 5.02. The summed E-state index contributed by atoms with van der Waals surface area (Å²) in [5, 5.41) is 25.4. The number of carbonyl (C=O) groups excluding carboxylic acids is 1. The van der Waals surface area contributed by atoms with Gasteiger partial charge in [-0.15, -0.1) is 0 Å². The molecule has 0 fully saturated rings. The maximum atomic E-state index is 12.5. The van der Waals surface area contributed by atoms with Crippen LogP contribution in [0.3, 0.4) is 0 Å². The third-order valence-corrected chi connectivity index (χ3v) is 3.48. The number of nitro benzene ring substituents is 1. The first-order valence-electron chi connectivity index (χ1n) is 7.57. The number of rotatable bonds is 8. The zero-order valence-corrected chi connectivity index (χ0v) is 13.8. The second kappa shape index (κ2) is 8.47. The molecule has 0 heterocycles. The molecule has 2 rings (SSSR count). The Morgan fingerprint density at radius 1 is 1.19 bits per heavy atom. The fourth-order valence-electron chi connectivity index (χ4n) is 2.23. The normalized spacial score (nSPS) is 11.3. The number of anilines is 2. The van der Waals surface area contributed by atoms with E-state index in [0.717, 1.165) is 0 Å². The van der Waals surface area contributed by atoms with Crippen molar-refractivity contribution in [1.29, 1.82) is 0 Å². The summed E-state index contributed by atoms with van der Waals surface area (Å²) in [6.07, 6.45) is -0.548. The Hall–Kier alpha value is -3.62. The summed E-state index contributed by atoms with van der Waals surface area (Å²) in [4.78, 5) is 34.0. The SMILES string of the molecule is COc1ccc(NC(=O)[C@H](CC(=O)O)Nc2ccccc2[N+](=O)[O-])cc1. The quantitative estimate of drug-likeness (QED) is 0.487. The van der Waals surface area contributed by atoms with E-state index in [-0.39, 0.29) is 11.4 Å². The number of nitrogens with one attached hydrogen (secondary N) is 2. The number of para-hydroxylation sites is 2. The monoisotopic (exact) mass is 359 g/mol. The summed E-state index contributed by atoms with van der Waals surface area (Å²) in [6, 6.07) is 11.0. The highest BCUT2D eigenvalue weighted by Crippen LogP contribution is 2.25. The molecule has 0 aliphatic carbocycles. The Morgan fingerprint density at radius 3 is 2.42 bits per heavy atom. The van der Waals surface area contributed by atoms with Gasteiger partial charge in [0.15, 0.2) is 0 Å². The van der Waals surface area contributed by atoms with Crippen LogP contribution in [0.4, 0.5) is 17.1 Å². The third kappa shape index (κ3) is 4.94. The zero-order chi connectivity index (χ0) is 19.1. The highest BCUT2D eigenvalue weighted by molar-refractivity contribution is 5.98. The molecule has 1 amide bonds. The fraction of sp³-hybridized carbons (Fsp3) is 0.176. The van der Waals surface area contributed by atoms with Crippen LogP contribution in [0.5, 0.6) is 5.75 Å². The molecule has 0 aliphatic heterocycles. The van der Waals surface area contributed by atoms with Crippen LogP contribution in [0.1, 0.15) is 6.42 Å². The number of carboxylic acid groups (broad SMARTS) is 1. The predicted octanol–water partition coefficient (Wildman–Crippen LogP) is 2.50. The summed E-state index contributed by atoms with van der Waals surface area (Å²) in [7, 11) is 1.51. The Kier molecular flexibility index (Phi) is 6.10. The van der Waals surface area contributed by atoms with Gasteiger partial charge >= 0.3 is 5.97 Å². The van der Waals surface area contributed by atoms with Crippen molar-refractivity contribution in [3.63, 3.8) is 0 Å². The van der Waals surface area contributed by atoms with E-state index in [4.69, 9.17) is 9.84 Å². The number of carboxylic acids is 1. The average Bonchev–Trinajstić information content (AvgIpc) is 2.61. The number of hydrogen-bond donors (Lipinski definition) is 3. The van der Waals surface area contributed by atoms with Crippen LogP contribution in [-0.2, 0) is 9.59 Å². The number of aliphatic carboxylic acids is 1. The van der Waals surface area contributed by atoms with Gasteiger partial charge in [0.25, 0.3) is 5.69 Å². The lowest BCUT2D eigenvalue weighted by Gasteiger charge is -2.18. The lowest BCUT2D eigenvalue weighted by molar-refractivity contribution is -0.384. The molecule has 0 bridgehead atoms. The highest BCUT2D eigenvalue weighted by atomic mass is 16.6. The van der Waals surface area contributed by atoms with Crippen LogP contribution < -0.4 is 15.4 Å². The van der Waals surface area contributed by atoms with E-state index in [1.807, 2.05) is 0 Å². The molecule has 3 N–H and O–H groups in total. The van der Waals surface area contributed by atoms with Crippen molar-refractivity contribution in [1.82, 2.24) is 0 Å². The van der Waals surface area contributed by atoms with E-state index in [2.05, 4.69) is 10.6 Å².